The van der Waals surface area contributed by atoms with Crippen molar-refractivity contribution in [1.29, 1.82) is 0 Å². The molecule has 2 amide bonds. The van der Waals surface area contributed by atoms with Gasteiger partial charge in [-0.2, -0.15) is 0 Å². The molecule has 9 heteroatoms. The molecule has 0 fully saturated rings. The minimum Gasteiger partial charge on any atom is -0.352 e. The third kappa shape index (κ3) is 7.11. The van der Waals surface area contributed by atoms with E-state index in [0.717, 1.165) is 9.87 Å². The van der Waals surface area contributed by atoms with Crippen molar-refractivity contribution in [2.24, 2.45) is 0 Å². The molecule has 0 aliphatic carbocycles. The summed E-state index contributed by atoms with van der Waals surface area (Å²) in [5.41, 5.74) is 1.81. The fourth-order valence-electron chi connectivity index (χ4n) is 3.90. The Bertz CT molecular complexity index is 1350. The average Bonchev–Trinajstić information content (AvgIpc) is 2.86. The van der Waals surface area contributed by atoms with E-state index in [4.69, 9.17) is 11.6 Å². The summed E-state index contributed by atoms with van der Waals surface area (Å²) in [6.45, 7) is 6.68. The van der Waals surface area contributed by atoms with Crippen LogP contribution in [0.5, 0.6) is 0 Å². The summed E-state index contributed by atoms with van der Waals surface area (Å²) in [5.74, 6) is -0.854. The molecule has 7 nitrogen and oxygen atoms in total. The molecule has 3 rings (SSSR count). The van der Waals surface area contributed by atoms with Gasteiger partial charge >= 0.3 is 0 Å². The van der Waals surface area contributed by atoms with Crippen LogP contribution in [0.25, 0.3) is 0 Å². The molecule has 196 valence electrons. The monoisotopic (exact) mass is 541 g/mol. The summed E-state index contributed by atoms with van der Waals surface area (Å²) in [5, 5.41) is 3.33. The molecular formula is C28H32ClN3O4S. The minimum atomic E-state index is -4.09. The number of hydrogen-bond donors (Lipinski definition) is 1. The van der Waals surface area contributed by atoms with E-state index in [1.54, 1.807) is 80.6 Å². The summed E-state index contributed by atoms with van der Waals surface area (Å²) >= 11 is 6.16. The second-order valence-electron chi connectivity index (χ2n) is 9.10. The fourth-order valence-corrected chi connectivity index (χ4v) is 5.61. The molecule has 0 aliphatic heterocycles. The molecule has 1 atom stereocenters. The SMILES string of the molecule is Cc1ccccc1N(CC(=O)N(Cc1cccc(Cl)c1)[C@@H](C)C(=O)NC(C)C)S(=O)(=O)c1ccccc1. The third-order valence-corrected chi connectivity index (χ3v) is 7.84. The van der Waals surface area contributed by atoms with Gasteiger partial charge in [0.1, 0.15) is 12.6 Å². The van der Waals surface area contributed by atoms with Crippen molar-refractivity contribution in [2.75, 3.05) is 10.8 Å². The van der Waals surface area contributed by atoms with Crippen LogP contribution < -0.4 is 9.62 Å². The van der Waals surface area contributed by atoms with Crippen LogP contribution in [-0.4, -0.2) is 43.8 Å². The number of nitrogens with zero attached hydrogens (tertiary/aromatic N) is 2. The van der Waals surface area contributed by atoms with Crippen molar-refractivity contribution in [3.8, 4) is 0 Å². The van der Waals surface area contributed by atoms with E-state index in [0.29, 0.717) is 16.3 Å². The molecule has 0 saturated heterocycles. The van der Waals surface area contributed by atoms with Crippen molar-refractivity contribution in [2.45, 2.75) is 51.2 Å². The average molecular weight is 542 g/mol. The smallest absolute Gasteiger partial charge is 0.264 e. The second kappa shape index (κ2) is 12.3. The van der Waals surface area contributed by atoms with Crippen LogP contribution in [0.2, 0.25) is 5.02 Å². The van der Waals surface area contributed by atoms with E-state index < -0.39 is 28.5 Å². The number of benzene rings is 3. The minimum absolute atomic E-state index is 0.0676. The quantitative estimate of drug-likeness (QED) is 0.400. The Morgan fingerprint density at radius 2 is 1.57 bits per heavy atom. The molecule has 0 aromatic heterocycles. The molecule has 1 N–H and O–H groups in total. The van der Waals surface area contributed by atoms with Crippen LogP contribution in [0.4, 0.5) is 5.69 Å². The van der Waals surface area contributed by atoms with E-state index in [-0.39, 0.29) is 23.4 Å². The van der Waals surface area contributed by atoms with Gasteiger partial charge < -0.3 is 10.2 Å². The number of carbonyl (C=O) groups excluding carboxylic acids is 2. The van der Waals surface area contributed by atoms with Crippen molar-refractivity contribution in [1.82, 2.24) is 10.2 Å². The number of hydrogen-bond acceptors (Lipinski definition) is 4. The highest BCUT2D eigenvalue weighted by Gasteiger charge is 2.33. The lowest BCUT2D eigenvalue weighted by Crippen LogP contribution is -2.52. The number of amides is 2. The van der Waals surface area contributed by atoms with Crippen LogP contribution in [0.15, 0.2) is 83.8 Å². The van der Waals surface area contributed by atoms with Crippen molar-refractivity contribution >= 4 is 39.1 Å². The third-order valence-electron chi connectivity index (χ3n) is 5.83. The van der Waals surface area contributed by atoms with Gasteiger partial charge in [0.05, 0.1) is 10.6 Å². The number of para-hydroxylation sites is 1. The lowest BCUT2D eigenvalue weighted by atomic mass is 10.1. The first-order valence-corrected chi connectivity index (χ1v) is 13.8. The normalized spacial score (nSPS) is 12.2. The van der Waals surface area contributed by atoms with Crippen molar-refractivity contribution in [3.05, 3.63) is 95.0 Å². The lowest BCUT2D eigenvalue weighted by Gasteiger charge is -2.32. The number of halogens is 1. The van der Waals surface area contributed by atoms with E-state index >= 15 is 0 Å². The maximum atomic E-state index is 13.8. The summed E-state index contributed by atoms with van der Waals surface area (Å²) in [4.78, 5) is 28.2. The zero-order chi connectivity index (χ0) is 27.2. The molecular weight excluding hydrogens is 510 g/mol. The molecule has 0 unspecified atom stereocenters. The zero-order valence-electron chi connectivity index (χ0n) is 21.4. The first-order valence-electron chi connectivity index (χ1n) is 12.0. The molecule has 37 heavy (non-hydrogen) atoms. The standard InChI is InChI=1S/C28H32ClN3O4S/c1-20(2)30-28(34)22(4)31(18-23-12-10-13-24(29)17-23)27(33)19-32(26-16-9-8-11-21(26)3)37(35,36)25-14-6-5-7-15-25/h5-17,20,22H,18-19H2,1-4H3,(H,30,34)/t22-/m0/s1. The molecule has 0 spiro atoms. The van der Waals surface area contributed by atoms with Gasteiger partial charge in [0.15, 0.2) is 0 Å². The first-order chi connectivity index (χ1) is 17.5. The Labute approximate surface area is 224 Å². The molecule has 0 saturated carbocycles. The fraction of sp³-hybridized carbons (Fsp3) is 0.286. The van der Waals surface area contributed by atoms with Crippen LogP contribution in [-0.2, 0) is 26.2 Å². The van der Waals surface area contributed by atoms with Crippen molar-refractivity contribution < 1.29 is 18.0 Å². The number of nitrogens with one attached hydrogen (secondary N) is 1. The van der Waals surface area contributed by atoms with Gasteiger partial charge in [-0.05, 0) is 69.2 Å². The highest BCUT2D eigenvalue weighted by Crippen LogP contribution is 2.27. The Morgan fingerprint density at radius 3 is 2.19 bits per heavy atom. The zero-order valence-corrected chi connectivity index (χ0v) is 23.0. The Kier molecular flexibility index (Phi) is 9.34. The molecule has 0 heterocycles. The molecule has 0 bridgehead atoms. The van der Waals surface area contributed by atoms with Gasteiger partial charge in [-0.15, -0.1) is 0 Å². The Hall–Kier alpha value is -3.36. The summed E-state index contributed by atoms with van der Waals surface area (Å²) in [6, 6.07) is 21.0. The topological polar surface area (TPSA) is 86.8 Å². The molecule has 3 aromatic rings. The number of sulfonamides is 1. The first kappa shape index (κ1) is 28.2. The Morgan fingerprint density at radius 1 is 0.919 bits per heavy atom. The summed E-state index contributed by atoms with van der Waals surface area (Å²) in [7, 11) is -4.09. The highest BCUT2D eigenvalue weighted by atomic mass is 35.5. The summed E-state index contributed by atoms with van der Waals surface area (Å²) < 4.78 is 28.6. The van der Waals surface area contributed by atoms with E-state index in [1.165, 1.54) is 17.0 Å². The number of anilines is 1. The highest BCUT2D eigenvalue weighted by molar-refractivity contribution is 7.92. The van der Waals surface area contributed by atoms with Gasteiger partial charge in [0, 0.05) is 17.6 Å². The van der Waals surface area contributed by atoms with Gasteiger partial charge in [0.2, 0.25) is 11.8 Å². The Balaban J connectivity index is 2.03. The van der Waals surface area contributed by atoms with Gasteiger partial charge in [-0.3, -0.25) is 13.9 Å². The number of aryl methyl sites for hydroxylation is 1. The van der Waals surface area contributed by atoms with Crippen LogP contribution >= 0.6 is 11.6 Å². The van der Waals surface area contributed by atoms with Crippen LogP contribution in [0.1, 0.15) is 31.9 Å². The maximum absolute atomic E-state index is 13.8. The van der Waals surface area contributed by atoms with Gasteiger partial charge in [-0.25, -0.2) is 8.42 Å². The van der Waals surface area contributed by atoms with Crippen molar-refractivity contribution in [3.63, 3.8) is 0 Å². The predicted molar refractivity (Wildman–Crippen MR) is 147 cm³/mol. The molecule has 3 aromatic carbocycles. The largest absolute Gasteiger partial charge is 0.352 e. The number of rotatable bonds is 10. The molecule has 0 aliphatic rings. The maximum Gasteiger partial charge on any atom is 0.264 e. The van der Waals surface area contributed by atoms with E-state index in [9.17, 15) is 18.0 Å². The number of carbonyl (C=O) groups is 2. The predicted octanol–water partition coefficient (Wildman–Crippen LogP) is 4.79. The van der Waals surface area contributed by atoms with E-state index in [2.05, 4.69) is 5.32 Å². The van der Waals surface area contributed by atoms with Crippen LogP contribution in [0, 0.1) is 6.92 Å². The second-order valence-corrected chi connectivity index (χ2v) is 11.4. The van der Waals surface area contributed by atoms with Gasteiger partial charge in [-0.1, -0.05) is 60.1 Å². The van der Waals surface area contributed by atoms with Crippen LogP contribution in [0.3, 0.4) is 0 Å². The van der Waals surface area contributed by atoms with Gasteiger partial charge in [0.25, 0.3) is 10.0 Å². The summed E-state index contributed by atoms with van der Waals surface area (Å²) in [6.07, 6.45) is 0. The lowest BCUT2D eigenvalue weighted by molar-refractivity contribution is -0.139. The molecule has 0 radical (unpaired) electrons. The van der Waals surface area contributed by atoms with E-state index in [1.807, 2.05) is 13.8 Å².